The SMILES string of the molecule is Cn1c(=O)c2ccccc2n(C)c1=S. The minimum Gasteiger partial charge on any atom is -0.321 e. The second kappa shape index (κ2) is 3.06. The molecule has 14 heavy (non-hydrogen) atoms. The van der Waals surface area contributed by atoms with Gasteiger partial charge in [0.15, 0.2) is 4.77 Å². The van der Waals surface area contributed by atoms with E-state index in [0.29, 0.717) is 10.2 Å². The van der Waals surface area contributed by atoms with E-state index in [-0.39, 0.29) is 5.56 Å². The quantitative estimate of drug-likeness (QED) is 0.612. The third kappa shape index (κ3) is 1.11. The fraction of sp³-hybridized carbons (Fsp3) is 0.200. The minimum absolute atomic E-state index is 0.0382. The molecule has 1 heterocycles. The van der Waals surface area contributed by atoms with E-state index in [9.17, 15) is 4.79 Å². The molecule has 0 aliphatic heterocycles. The fourth-order valence-electron chi connectivity index (χ4n) is 1.54. The molecule has 0 aliphatic carbocycles. The van der Waals surface area contributed by atoms with Crippen molar-refractivity contribution < 1.29 is 0 Å². The third-order valence-electron chi connectivity index (χ3n) is 2.37. The summed E-state index contributed by atoms with van der Waals surface area (Å²) >= 11 is 5.14. The standard InChI is InChI=1S/C10H10N2OS/c1-11-8-6-4-3-5-7(8)9(13)12(2)10(11)14/h3-6H,1-2H3. The first-order chi connectivity index (χ1) is 6.63. The molecule has 3 nitrogen and oxygen atoms in total. The fourth-order valence-corrected chi connectivity index (χ4v) is 1.72. The molecule has 2 aromatic rings. The molecule has 4 heteroatoms. The van der Waals surface area contributed by atoms with Gasteiger partial charge in [0, 0.05) is 14.1 Å². The van der Waals surface area contributed by atoms with Crippen molar-refractivity contribution >= 4 is 23.1 Å². The number of benzene rings is 1. The van der Waals surface area contributed by atoms with Crippen LogP contribution in [0.15, 0.2) is 29.1 Å². The average molecular weight is 206 g/mol. The van der Waals surface area contributed by atoms with Gasteiger partial charge in [-0.3, -0.25) is 9.36 Å². The zero-order chi connectivity index (χ0) is 10.3. The number of fused-ring (bicyclic) bond motifs is 1. The molecule has 0 saturated carbocycles. The molecular weight excluding hydrogens is 196 g/mol. The van der Waals surface area contributed by atoms with Crippen LogP contribution >= 0.6 is 12.2 Å². The molecule has 72 valence electrons. The van der Waals surface area contributed by atoms with E-state index in [2.05, 4.69) is 0 Å². The Bertz CT molecular complexity index is 610. The molecule has 0 amide bonds. The predicted molar refractivity (Wildman–Crippen MR) is 59.0 cm³/mol. The van der Waals surface area contributed by atoms with Crippen LogP contribution in [0.2, 0.25) is 0 Å². The topological polar surface area (TPSA) is 26.9 Å². The Labute approximate surface area is 86.2 Å². The summed E-state index contributed by atoms with van der Waals surface area (Å²) in [5, 5.41) is 0.700. The number of nitrogens with zero attached hydrogens (tertiary/aromatic N) is 2. The Morgan fingerprint density at radius 1 is 1.14 bits per heavy atom. The summed E-state index contributed by atoms with van der Waals surface area (Å²) in [5.41, 5.74) is 0.837. The smallest absolute Gasteiger partial charge is 0.261 e. The summed E-state index contributed by atoms with van der Waals surface area (Å²) < 4.78 is 3.86. The monoisotopic (exact) mass is 206 g/mol. The van der Waals surface area contributed by atoms with Crippen LogP contribution in [0.3, 0.4) is 0 Å². The molecule has 0 bridgehead atoms. The molecule has 0 fully saturated rings. The van der Waals surface area contributed by atoms with Crippen molar-refractivity contribution in [1.82, 2.24) is 9.13 Å². The van der Waals surface area contributed by atoms with E-state index >= 15 is 0 Å². The number of aryl methyl sites for hydroxylation is 1. The van der Waals surface area contributed by atoms with Crippen LogP contribution in [-0.4, -0.2) is 9.13 Å². The highest BCUT2D eigenvalue weighted by Crippen LogP contribution is 2.08. The molecule has 0 atom stereocenters. The summed E-state index contributed by atoms with van der Waals surface area (Å²) in [7, 11) is 3.56. The zero-order valence-corrected chi connectivity index (χ0v) is 8.84. The van der Waals surface area contributed by atoms with E-state index in [1.54, 1.807) is 7.05 Å². The van der Waals surface area contributed by atoms with Crippen molar-refractivity contribution in [3.8, 4) is 0 Å². The van der Waals surface area contributed by atoms with Crippen LogP contribution in [0.25, 0.3) is 10.9 Å². The Morgan fingerprint density at radius 2 is 1.79 bits per heavy atom. The van der Waals surface area contributed by atoms with Crippen LogP contribution in [-0.2, 0) is 14.1 Å². The minimum atomic E-state index is -0.0382. The maximum atomic E-state index is 11.8. The number of para-hydroxylation sites is 1. The molecule has 0 spiro atoms. The van der Waals surface area contributed by atoms with Crippen LogP contribution in [0.1, 0.15) is 0 Å². The van der Waals surface area contributed by atoms with Gasteiger partial charge in [0.2, 0.25) is 0 Å². The maximum Gasteiger partial charge on any atom is 0.261 e. The number of rotatable bonds is 0. The first-order valence-electron chi connectivity index (χ1n) is 4.27. The van der Waals surface area contributed by atoms with Gasteiger partial charge in [0.05, 0.1) is 10.9 Å². The highest BCUT2D eigenvalue weighted by atomic mass is 32.1. The van der Waals surface area contributed by atoms with Crippen molar-refractivity contribution in [3.05, 3.63) is 39.4 Å². The van der Waals surface area contributed by atoms with E-state index in [1.807, 2.05) is 35.9 Å². The van der Waals surface area contributed by atoms with Crippen LogP contribution < -0.4 is 5.56 Å². The Kier molecular flexibility index (Phi) is 2.00. The number of hydrogen-bond donors (Lipinski definition) is 0. The van der Waals surface area contributed by atoms with Gasteiger partial charge in [-0.25, -0.2) is 0 Å². The molecule has 1 aromatic heterocycles. The highest BCUT2D eigenvalue weighted by molar-refractivity contribution is 7.71. The van der Waals surface area contributed by atoms with E-state index in [4.69, 9.17) is 12.2 Å². The Balaban J connectivity index is 3.19. The lowest BCUT2D eigenvalue weighted by Crippen LogP contribution is -2.21. The largest absolute Gasteiger partial charge is 0.321 e. The first-order valence-corrected chi connectivity index (χ1v) is 4.68. The first kappa shape index (κ1) is 9.15. The van der Waals surface area contributed by atoms with E-state index < -0.39 is 0 Å². The second-order valence-electron chi connectivity index (χ2n) is 3.22. The third-order valence-corrected chi connectivity index (χ3v) is 2.92. The summed E-state index contributed by atoms with van der Waals surface area (Å²) in [5.74, 6) is 0. The summed E-state index contributed by atoms with van der Waals surface area (Å²) in [6, 6.07) is 7.46. The van der Waals surface area contributed by atoms with Gasteiger partial charge in [0.1, 0.15) is 0 Å². The van der Waals surface area contributed by atoms with Crippen molar-refractivity contribution in [1.29, 1.82) is 0 Å². The number of hydrogen-bond acceptors (Lipinski definition) is 2. The molecule has 0 unspecified atom stereocenters. The lowest BCUT2D eigenvalue weighted by atomic mass is 10.2. The predicted octanol–water partition coefficient (Wildman–Crippen LogP) is 1.61. The molecule has 1 aromatic carbocycles. The molecule has 2 rings (SSSR count). The maximum absolute atomic E-state index is 11.8. The van der Waals surface area contributed by atoms with Gasteiger partial charge in [0.25, 0.3) is 5.56 Å². The van der Waals surface area contributed by atoms with Crippen LogP contribution in [0, 0.1) is 4.77 Å². The normalized spacial score (nSPS) is 10.7. The van der Waals surface area contributed by atoms with Crippen molar-refractivity contribution in [2.24, 2.45) is 14.1 Å². The van der Waals surface area contributed by atoms with Gasteiger partial charge < -0.3 is 4.57 Å². The lowest BCUT2D eigenvalue weighted by Gasteiger charge is -2.08. The summed E-state index contributed by atoms with van der Waals surface area (Å²) in [6.07, 6.45) is 0. The second-order valence-corrected chi connectivity index (χ2v) is 3.59. The van der Waals surface area contributed by atoms with Crippen molar-refractivity contribution in [2.75, 3.05) is 0 Å². The van der Waals surface area contributed by atoms with E-state index in [1.165, 1.54) is 4.57 Å². The molecule has 0 N–H and O–H groups in total. The number of aromatic nitrogens is 2. The van der Waals surface area contributed by atoms with Gasteiger partial charge in [-0.2, -0.15) is 0 Å². The lowest BCUT2D eigenvalue weighted by molar-refractivity contribution is 0.747. The van der Waals surface area contributed by atoms with Crippen LogP contribution in [0.5, 0.6) is 0 Å². The zero-order valence-electron chi connectivity index (χ0n) is 8.02. The van der Waals surface area contributed by atoms with Crippen LogP contribution in [0.4, 0.5) is 0 Å². The Hall–Kier alpha value is -1.42. The summed E-state index contributed by atoms with van der Waals surface area (Å²) in [6.45, 7) is 0. The van der Waals surface area contributed by atoms with Crippen molar-refractivity contribution in [3.63, 3.8) is 0 Å². The van der Waals surface area contributed by atoms with Crippen molar-refractivity contribution in [2.45, 2.75) is 0 Å². The van der Waals surface area contributed by atoms with Gasteiger partial charge in [-0.05, 0) is 24.4 Å². The highest BCUT2D eigenvalue weighted by Gasteiger charge is 2.03. The molecular formula is C10H10N2OS. The Morgan fingerprint density at radius 3 is 2.50 bits per heavy atom. The summed E-state index contributed by atoms with van der Waals surface area (Å²) in [4.78, 5) is 11.8. The molecule has 0 saturated heterocycles. The van der Waals surface area contributed by atoms with Gasteiger partial charge in [-0.15, -0.1) is 0 Å². The molecule has 0 aliphatic rings. The molecule has 0 radical (unpaired) electrons. The average Bonchev–Trinajstić information content (AvgIpc) is 2.23. The van der Waals surface area contributed by atoms with E-state index in [0.717, 1.165) is 5.52 Å². The van der Waals surface area contributed by atoms with Gasteiger partial charge >= 0.3 is 0 Å². The van der Waals surface area contributed by atoms with Gasteiger partial charge in [-0.1, -0.05) is 12.1 Å².